The second-order valence-corrected chi connectivity index (χ2v) is 9.15. The van der Waals surface area contributed by atoms with Gasteiger partial charge >= 0.3 is 0 Å². The smallest absolute Gasteiger partial charge is 0.251 e. The molecule has 0 aliphatic carbocycles. The van der Waals surface area contributed by atoms with Crippen molar-refractivity contribution < 1.29 is 9.53 Å². The van der Waals surface area contributed by atoms with E-state index in [2.05, 4.69) is 57.9 Å². The van der Waals surface area contributed by atoms with E-state index in [4.69, 9.17) is 9.72 Å². The van der Waals surface area contributed by atoms with Gasteiger partial charge in [-0.2, -0.15) is 0 Å². The van der Waals surface area contributed by atoms with Crippen LogP contribution in [-0.2, 0) is 6.54 Å². The zero-order chi connectivity index (χ0) is 23.4. The van der Waals surface area contributed by atoms with Gasteiger partial charge in [0.15, 0.2) is 0 Å². The van der Waals surface area contributed by atoms with Crippen molar-refractivity contribution in [2.24, 2.45) is 0 Å². The largest absolute Gasteiger partial charge is 0.493 e. The first-order valence-electron chi connectivity index (χ1n) is 11.1. The van der Waals surface area contributed by atoms with Gasteiger partial charge in [0.25, 0.3) is 5.91 Å². The summed E-state index contributed by atoms with van der Waals surface area (Å²) >= 11 is 3.43. The second kappa shape index (κ2) is 10.2. The summed E-state index contributed by atoms with van der Waals surface area (Å²) in [5, 5.41) is 3.10. The van der Waals surface area contributed by atoms with Crippen molar-refractivity contribution in [2.45, 2.75) is 39.8 Å². The van der Waals surface area contributed by atoms with Crippen LogP contribution in [0, 0.1) is 13.8 Å². The van der Waals surface area contributed by atoms with Crippen LogP contribution in [0.3, 0.4) is 0 Å². The number of para-hydroxylation sites is 3. The minimum Gasteiger partial charge on any atom is -0.493 e. The molecule has 6 heteroatoms. The SMILES string of the molecule is Cc1cccc(C)c1OCCCn1c(C(C)NC(=O)c2cccc(Br)c2)nc2ccccc21. The lowest BCUT2D eigenvalue weighted by Crippen LogP contribution is -2.29. The molecule has 170 valence electrons. The van der Waals surface area contributed by atoms with E-state index in [1.807, 2.05) is 49.4 Å². The molecule has 1 amide bonds. The van der Waals surface area contributed by atoms with Gasteiger partial charge in [-0.15, -0.1) is 0 Å². The first-order valence-corrected chi connectivity index (χ1v) is 11.9. The summed E-state index contributed by atoms with van der Waals surface area (Å²) in [4.78, 5) is 17.6. The Morgan fingerprint density at radius 2 is 1.79 bits per heavy atom. The molecule has 0 saturated carbocycles. The minimum absolute atomic E-state index is 0.124. The number of carbonyl (C=O) groups is 1. The van der Waals surface area contributed by atoms with E-state index in [1.54, 1.807) is 6.07 Å². The summed E-state index contributed by atoms with van der Waals surface area (Å²) < 4.78 is 9.17. The van der Waals surface area contributed by atoms with Crippen molar-refractivity contribution >= 4 is 32.9 Å². The zero-order valence-electron chi connectivity index (χ0n) is 19.1. The Morgan fingerprint density at radius 3 is 2.55 bits per heavy atom. The molecule has 0 fully saturated rings. The second-order valence-electron chi connectivity index (χ2n) is 8.24. The highest BCUT2D eigenvalue weighted by Crippen LogP contribution is 2.24. The number of hydrogen-bond donors (Lipinski definition) is 1. The van der Waals surface area contributed by atoms with E-state index in [9.17, 15) is 4.79 Å². The number of fused-ring (bicyclic) bond motifs is 1. The monoisotopic (exact) mass is 505 g/mol. The predicted molar refractivity (Wildman–Crippen MR) is 136 cm³/mol. The number of nitrogens with one attached hydrogen (secondary N) is 1. The lowest BCUT2D eigenvalue weighted by molar-refractivity contribution is 0.0937. The molecule has 1 N–H and O–H groups in total. The van der Waals surface area contributed by atoms with Crippen LogP contribution in [0.4, 0.5) is 0 Å². The maximum atomic E-state index is 12.8. The topological polar surface area (TPSA) is 56.1 Å². The summed E-state index contributed by atoms with van der Waals surface area (Å²) in [5.41, 5.74) is 4.89. The molecule has 0 bridgehead atoms. The summed E-state index contributed by atoms with van der Waals surface area (Å²) in [6.07, 6.45) is 0.827. The van der Waals surface area contributed by atoms with Gasteiger partial charge in [0, 0.05) is 16.6 Å². The van der Waals surface area contributed by atoms with Gasteiger partial charge in [-0.3, -0.25) is 4.79 Å². The Labute approximate surface area is 202 Å². The Hall–Kier alpha value is -3.12. The molecule has 1 heterocycles. The van der Waals surface area contributed by atoms with Gasteiger partial charge in [0.1, 0.15) is 11.6 Å². The maximum Gasteiger partial charge on any atom is 0.251 e. The van der Waals surface area contributed by atoms with Crippen LogP contribution < -0.4 is 10.1 Å². The van der Waals surface area contributed by atoms with Crippen LogP contribution in [0.5, 0.6) is 5.75 Å². The summed E-state index contributed by atoms with van der Waals surface area (Å²) in [6.45, 7) is 7.47. The zero-order valence-corrected chi connectivity index (χ0v) is 20.7. The molecule has 0 saturated heterocycles. The molecule has 1 atom stereocenters. The Bertz CT molecular complexity index is 1260. The van der Waals surface area contributed by atoms with Crippen molar-refractivity contribution in [3.63, 3.8) is 0 Å². The third-order valence-electron chi connectivity index (χ3n) is 5.69. The number of aryl methyl sites for hydroxylation is 3. The highest BCUT2D eigenvalue weighted by atomic mass is 79.9. The van der Waals surface area contributed by atoms with Crippen molar-refractivity contribution in [3.05, 3.63) is 93.7 Å². The average molecular weight is 506 g/mol. The number of amides is 1. The van der Waals surface area contributed by atoms with Crippen molar-refractivity contribution in [1.29, 1.82) is 0 Å². The summed E-state index contributed by atoms with van der Waals surface area (Å²) in [6, 6.07) is 21.4. The lowest BCUT2D eigenvalue weighted by Gasteiger charge is -2.17. The molecule has 0 aliphatic rings. The quantitative estimate of drug-likeness (QED) is 0.283. The van der Waals surface area contributed by atoms with Gasteiger partial charge in [-0.05, 0) is 68.7 Å². The van der Waals surface area contributed by atoms with Crippen LogP contribution in [-0.4, -0.2) is 22.1 Å². The molecule has 5 nitrogen and oxygen atoms in total. The summed E-state index contributed by atoms with van der Waals surface area (Å²) in [5.74, 6) is 1.68. The predicted octanol–water partition coefficient (Wildman–Crippen LogP) is 6.38. The third kappa shape index (κ3) is 5.28. The van der Waals surface area contributed by atoms with Crippen LogP contribution in [0.15, 0.2) is 71.2 Å². The van der Waals surface area contributed by atoms with Crippen molar-refractivity contribution in [3.8, 4) is 5.75 Å². The number of imidazole rings is 1. The average Bonchev–Trinajstić information content (AvgIpc) is 3.17. The highest BCUT2D eigenvalue weighted by molar-refractivity contribution is 9.10. The Balaban J connectivity index is 1.50. The number of carbonyl (C=O) groups excluding carboxylic acids is 1. The van der Waals surface area contributed by atoms with Gasteiger partial charge in [0.05, 0.1) is 23.7 Å². The molecule has 4 aromatic rings. The number of nitrogens with zero attached hydrogens (tertiary/aromatic N) is 2. The first-order chi connectivity index (χ1) is 15.9. The Morgan fingerprint density at radius 1 is 1.06 bits per heavy atom. The van der Waals surface area contributed by atoms with Crippen molar-refractivity contribution in [1.82, 2.24) is 14.9 Å². The van der Waals surface area contributed by atoms with E-state index in [1.165, 1.54) is 0 Å². The number of halogens is 1. The number of ether oxygens (including phenoxy) is 1. The fraction of sp³-hybridized carbons (Fsp3) is 0.259. The van der Waals surface area contributed by atoms with Crippen LogP contribution in [0.2, 0.25) is 0 Å². The van der Waals surface area contributed by atoms with Gasteiger partial charge in [-0.1, -0.05) is 52.3 Å². The van der Waals surface area contributed by atoms with E-state index in [0.717, 1.165) is 51.2 Å². The third-order valence-corrected chi connectivity index (χ3v) is 6.18. The molecule has 0 radical (unpaired) electrons. The number of rotatable bonds is 8. The van der Waals surface area contributed by atoms with Gasteiger partial charge < -0.3 is 14.6 Å². The van der Waals surface area contributed by atoms with E-state index in [0.29, 0.717) is 12.2 Å². The maximum absolute atomic E-state index is 12.8. The summed E-state index contributed by atoms with van der Waals surface area (Å²) in [7, 11) is 0. The molecule has 3 aromatic carbocycles. The van der Waals surface area contributed by atoms with Crippen LogP contribution in [0.25, 0.3) is 11.0 Å². The van der Waals surface area contributed by atoms with Gasteiger partial charge in [0.2, 0.25) is 0 Å². The molecule has 1 aromatic heterocycles. The number of hydrogen-bond acceptors (Lipinski definition) is 3. The highest BCUT2D eigenvalue weighted by Gasteiger charge is 2.19. The van der Waals surface area contributed by atoms with Crippen LogP contribution >= 0.6 is 15.9 Å². The lowest BCUT2D eigenvalue weighted by atomic mass is 10.1. The molecular formula is C27H28BrN3O2. The van der Waals surface area contributed by atoms with Crippen LogP contribution in [0.1, 0.15) is 46.7 Å². The van der Waals surface area contributed by atoms with Gasteiger partial charge in [-0.25, -0.2) is 4.98 Å². The molecule has 0 spiro atoms. The fourth-order valence-electron chi connectivity index (χ4n) is 4.06. The number of aromatic nitrogens is 2. The minimum atomic E-state index is -0.247. The van der Waals surface area contributed by atoms with E-state index < -0.39 is 0 Å². The fourth-order valence-corrected chi connectivity index (χ4v) is 4.46. The first kappa shape index (κ1) is 23.1. The number of benzene rings is 3. The van der Waals surface area contributed by atoms with E-state index >= 15 is 0 Å². The Kier molecular flexibility index (Phi) is 7.14. The van der Waals surface area contributed by atoms with Crippen molar-refractivity contribution in [2.75, 3.05) is 6.61 Å². The molecule has 1 unspecified atom stereocenters. The molecular weight excluding hydrogens is 478 g/mol. The molecule has 33 heavy (non-hydrogen) atoms. The molecule has 4 rings (SSSR count). The molecule has 0 aliphatic heterocycles. The normalized spacial score (nSPS) is 12.0. The standard InChI is InChI=1S/C27H28BrN3O2/c1-18-9-6-10-19(2)25(18)33-16-8-15-31-24-14-5-4-13-23(24)30-26(31)20(3)29-27(32)21-11-7-12-22(28)17-21/h4-7,9-14,17,20H,8,15-16H2,1-3H3,(H,29,32). The van der Waals surface area contributed by atoms with E-state index in [-0.39, 0.29) is 11.9 Å².